The van der Waals surface area contributed by atoms with Gasteiger partial charge in [-0.05, 0) is 31.6 Å². The van der Waals surface area contributed by atoms with Gasteiger partial charge in [0.2, 0.25) is 0 Å². The summed E-state index contributed by atoms with van der Waals surface area (Å²) in [5.74, 6) is -2.22. The molecule has 1 aromatic rings. The Balaban J connectivity index is 1.94. The van der Waals surface area contributed by atoms with Crippen LogP contribution in [0.3, 0.4) is 0 Å². The monoisotopic (exact) mass is 348 g/mol. The van der Waals surface area contributed by atoms with E-state index in [1.54, 1.807) is 13.8 Å². The van der Waals surface area contributed by atoms with Crippen molar-refractivity contribution in [1.29, 1.82) is 0 Å². The molecule has 0 spiro atoms. The molecule has 1 aliphatic rings. The molecule has 7 heteroatoms. The van der Waals surface area contributed by atoms with Crippen LogP contribution >= 0.6 is 0 Å². The predicted octanol–water partition coefficient (Wildman–Crippen LogP) is 2.53. The molecular formula is C18H24N2O5. The number of carboxylic acid groups (broad SMARTS) is 1. The number of aromatic nitrogens is 2. The Morgan fingerprint density at radius 3 is 2.28 bits per heavy atom. The average molecular weight is 348 g/mol. The number of Topliss-reactive ketones (excluding diaryl/α,β-unsaturated/α-hetero) is 1. The highest BCUT2D eigenvalue weighted by Crippen LogP contribution is 2.45. The first-order valence-corrected chi connectivity index (χ1v) is 8.29. The number of hydrogen-bond acceptors (Lipinski definition) is 6. The second kappa shape index (κ2) is 6.90. The van der Waals surface area contributed by atoms with Crippen molar-refractivity contribution in [3.8, 4) is 5.75 Å². The molecule has 0 aromatic carbocycles. The van der Waals surface area contributed by atoms with Crippen LogP contribution in [0.1, 0.15) is 59.2 Å². The molecule has 1 atom stereocenters. The Labute approximate surface area is 146 Å². The van der Waals surface area contributed by atoms with Crippen LogP contribution in [0.25, 0.3) is 0 Å². The van der Waals surface area contributed by atoms with Crippen molar-refractivity contribution in [3.05, 3.63) is 18.2 Å². The number of ketones is 1. The van der Waals surface area contributed by atoms with Gasteiger partial charge >= 0.3 is 11.9 Å². The summed E-state index contributed by atoms with van der Waals surface area (Å²) in [7, 11) is 0. The van der Waals surface area contributed by atoms with Gasteiger partial charge in [-0.1, -0.05) is 20.8 Å². The second-order valence-electron chi connectivity index (χ2n) is 7.82. The number of carboxylic acids is 1. The fourth-order valence-electron chi connectivity index (χ4n) is 2.68. The lowest BCUT2D eigenvalue weighted by molar-refractivity contribution is -0.148. The van der Waals surface area contributed by atoms with Crippen molar-refractivity contribution in [1.82, 2.24) is 9.97 Å². The van der Waals surface area contributed by atoms with E-state index < -0.39 is 29.1 Å². The molecule has 0 amide bonds. The summed E-state index contributed by atoms with van der Waals surface area (Å²) < 4.78 is 5.24. The first-order valence-electron chi connectivity index (χ1n) is 8.29. The molecule has 1 aromatic heterocycles. The van der Waals surface area contributed by atoms with Crippen LogP contribution in [0, 0.1) is 11.3 Å². The van der Waals surface area contributed by atoms with Gasteiger partial charge in [0.1, 0.15) is 17.5 Å². The van der Waals surface area contributed by atoms with E-state index in [-0.39, 0.29) is 24.0 Å². The quantitative estimate of drug-likeness (QED) is 0.568. The van der Waals surface area contributed by atoms with E-state index in [4.69, 9.17) is 9.84 Å². The third-order valence-corrected chi connectivity index (χ3v) is 4.57. The molecule has 0 radical (unpaired) electrons. The van der Waals surface area contributed by atoms with Gasteiger partial charge < -0.3 is 9.84 Å². The summed E-state index contributed by atoms with van der Waals surface area (Å²) in [5.41, 5.74) is -0.642. The van der Waals surface area contributed by atoms with Crippen molar-refractivity contribution < 1.29 is 24.2 Å². The third kappa shape index (κ3) is 5.08. The van der Waals surface area contributed by atoms with Crippen molar-refractivity contribution in [3.63, 3.8) is 0 Å². The molecule has 7 nitrogen and oxygen atoms in total. The van der Waals surface area contributed by atoms with Crippen LogP contribution in [0.4, 0.5) is 0 Å². The molecule has 0 aliphatic heterocycles. The van der Waals surface area contributed by atoms with Crippen LogP contribution < -0.4 is 4.74 Å². The van der Waals surface area contributed by atoms with E-state index in [0.29, 0.717) is 0 Å². The summed E-state index contributed by atoms with van der Waals surface area (Å²) in [6.07, 6.45) is 5.13. The highest BCUT2D eigenvalue weighted by atomic mass is 16.5. The lowest BCUT2D eigenvalue weighted by Gasteiger charge is -2.25. The molecule has 1 heterocycles. The molecule has 136 valence electrons. The molecule has 1 aliphatic carbocycles. The van der Waals surface area contributed by atoms with Gasteiger partial charge in [-0.2, -0.15) is 0 Å². The fourth-order valence-corrected chi connectivity index (χ4v) is 2.68. The molecular weight excluding hydrogens is 324 g/mol. The summed E-state index contributed by atoms with van der Waals surface area (Å²) in [4.78, 5) is 43.2. The first-order chi connectivity index (χ1) is 11.5. The Morgan fingerprint density at radius 1 is 1.28 bits per heavy atom. The minimum absolute atomic E-state index is 0.0104. The lowest BCUT2D eigenvalue weighted by atomic mass is 9.79. The van der Waals surface area contributed by atoms with E-state index in [9.17, 15) is 14.4 Å². The summed E-state index contributed by atoms with van der Waals surface area (Å²) in [6.45, 7) is 6.80. The van der Waals surface area contributed by atoms with Crippen molar-refractivity contribution in [2.45, 2.75) is 58.8 Å². The van der Waals surface area contributed by atoms with Crippen LogP contribution in [0.5, 0.6) is 5.75 Å². The highest BCUT2D eigenvalue weighted by molar-refractivity contribution is 5.96. The van der Waals surface area contributed by atoms with Gasteiger partial charge in [-0.15, -0.1) is 0 Å². The van der Waals surface area contributed by atoms with Gasteiger partial charge in [0.15, 0.2) is 5.75 Å². The molecule has 2 rings (SSSR count). The van der Waals surface area contributed by atoms with Crippen LogP contribution in [0.2, 0.25) is 0 Å². The maximum absolute atomic E-state index is 12.1. The zero-order valence-corrected chi connectivity index (χ0v) is 15.0. The smallest absolute Gasteiger partial charge is 0.314 e. The summed E-state index contributed by atoms with van der Waals surface area (Å²) in [5, 5.41) is 9.12. The topological polar surface area (TPSA) is 106 Å². The van der Waals surface area contributed by atoms with E-state index in [0.717, 1.165) is 18.7 Å². The van der Waals surface area contributed by atoms with Crippen LogP contribution in [-0.2, 0) is 19.8 Å². The van der Waals surface area contributed by atoms with Gasteiger partial charge in [-0.25, -0.2) is 9.97 Å². The fraction of sp³-hybridized carbons (Fsp3) is 0.611. The molecule has 1 fully saturated rings. The number of nitrogens with zero attached hydrogens (tertiary/aromatic N) is 2. The Hall–Kier alpha value is -2.31. The van der Waals surface area contributed by atoms with Crippen molar-refractivity contribution in [2.24, 2.45) is 11.3 Å². The Morgan fingerprint density at radius 2 is 1.84 bits per heavy atom. The van der Waals surface area contributed by atoms with Crippen LogP contribution in [0.15, 0.2) is 12.4 Å². The SMILES string of the molecule is CC(=O)C(CC(C)(C)CC(=O)Oc1cnc(C2(C)CC2)nc1)C(=O)O. The zero-order valence-electron chi connectivity index (χ0n) is 15.0. The normalized spacial score (nSPS) is 16.8. The highest BCUT2D eigenvalue weighted by Gasteiger charge is 2.42. The van der Waals surface area contributed by atoms with Crippen molar-refractivity contribution in [2.75, 3.05) is 0 Å². The van der Waals surface area contributed by atoms with Crippen LogP contribution in [-0.4, -0.2) is 32.8 Å². The lowest BCUT2D eigenvalue weighted by Crippen LogP contribution is -2.30. The largest absolute Gasteiger partial charge is 0.481 e. The number of carbonyl (C=O) groups excluding carboxylic acids is 2. The number of hydrogen-bond donors (Lipinski definition) is 1. The number of ether oxygens (including phenoxy) is 1. The second-order valence-corrected chi connectivity index (χ2v) is 7.82. The maximum atomic E-state index is 12.1. The first kappa shape index (κ1) is 19.0. The number of rotatable bonds is 8. The summed E-state index contributed by atoms with van der Waals surface area (Å²) >= 11 is 0. The van der Waals surface area contributed by atoms with Gasteiger partial charge in [0, 0.05) is 5.41 Å². The summed E-state index contributed by atoms with van der Waals surface area (Å²) in [6, 6.07) is 0. The van der Waals surface area contributed by atoms with E-state index in [2.05, 4.69) is 16.9 Å². The number of carbonyl (C=O) groups is 3. The molecule has 25 heavy (non-hydrogen) atoms. The van der Waals surface area contributed by atoms with Gasteiger partial charge in [0.25, 0.3) is 0 Å². The van der Waals surface area contributed by atoms with E-state index >= 15 is 0 Å². The molecule has 0 bridgehead atoms. The third-order valence-electron chi connectivity index (χ3n) is 4.57. The van der Waals surface area contributed by atoms with Crippen molar-refractivity contribution >= 4 is 17.7 Å². The van der Waals surface area contributed by atoms with E-state index in [1.165, 1.54) is 19.3 Å². The predicted molar refractivity (Wildman–Crippen MR) is 89.1 cm³/mol. The standard InChI is InChI=1S/C18H24N2O5/c1-11(21)13(15(23)24)7-17(2,3)8-14(22)25-12-9-19-16(20-10-12)18(4)5-6-18/h9-10,13H,5-8H2,1-4H3,(H,23,24). The minimum Gasteiger partial charge on any atom is -0.481 e. The van der Waals surface area contributed by atoms with Gasteiger partial charge in [0.05, 0.1) is 18.8 Å². The molecule has 0 saturated heterocycles. The molecule has 1 unspecified atom stereocenters. The number of aliphatic carboxylic acids is 1. The minimum atomic E-state index is -1.17. The number of esters is 1. The maximum Gasteiger partial charge on any atom is 0.314 e. The Kier molecular flexibility index (Phi) is 5.25. The Bertz CT molecular complexity index is 663. The zero-order chi connectivity index (χ0) is 18.8. The average Bonchev–Trinajstić information content (AvgIpc) is 3.23. The van der Waals surface area contributed by atoms with Gasteiger partial charge in [-0.3, -0.25) is 14.4 Å². The molecule has 1 N–H and O–H groups in total. The van der Waals surface area contributed by atoms with E-state index in [1.807, 2.05) is 0 Å². The molecule has 1 saturated carbocycles.